The van der Waals surface area contributed by atoms with E-state index in [1.165, 1.54) is 0 Å². The van der Waals surface area contributed by atoms with Crippen molar-refractivity contribution >= 4 is 17.8 Å². The van der Waals surface area contributed by atoms with Crippen molar-refractivity contribution in [2.24, 2.45) is 11.1 Å². The van der Waals surface area contributed by atoms with Crippen molar-refractivity contribution < 1.29 is 27.9 Å². The summed E-state index contributed by atoms with van der Waals surface area (Å²) in [5.41, 5.74) is 7.14. The van der Waals surface area contributed by atoms with Gasteiger partial charge >= 0.3 is 6.03 Å². The molecule has 0 spiro atoms. The zero-order valence-electron chi connectivity index (χ0n) is 20.8. The van der Waals surface area contributed by atoms with E-state index in [9.17, 15) is 23.2 Å². The van der Waals surface area contributed by atoms with E-state index in [2.05, 4.69) is 5.32 Å². The van der Waals surface area contributed by atoms with E-state index in [1.54, 1.807) is 50.2 Å². The highest BCUT2D eigenvalue weighted by Crippen LogP contribution is 2.51. The van der Waals surface area contributed by atoms with Crippen LogP contribution in [-0.4, -0.2) is 46.7 Å². The molecule has 4 amide bonds. The first kappa shape index (κ1) is 25.3. The molecule has 1 atom stereocenters. The number of carbonyl (C=O) groups excluding carboxylic acids is 3. The first-order valence-electron chi connectivity index (χ1n) is 12.1. The Morgan fingerprint density at radius 3 is 2.42 bits per heavy atom. The lowest BCUT2D eigenvalue weighted by Gasteiger charge is -2.37. The minimum absolute atomic E-state index is 0.0216. The van der Waals surface area contributed by atoms with Crippen molar-refractivity contribution in [1.82, 2.24) is 15.2 Å². The lowest BCUT2D eigenvalue weighted by molar-refractivity contribution is -0.128. The lowest BCUT2D eigenvalue weighted by atomic mass is 9.69. The molecule has 1 fully saturated rings. The molecule has 0 radical (unpaired) electrons. The highest BCUT2D eigenvalue weighted by Gasteiger charge is 2.44. The predicted molar refractivity (Wildman–Crippen MR) is 135 cm³/mol. The van der Waals surface area contributed by atoms with Crippen molar-refractivity contribution in [2.45, 2.75) is 32.1 Å². The fourth-order valence-electron chi connectivity index (χ4n) is 5.05. The van der Waals surface area contributed by atoms with Crippen LogP contribution in [-0.2, 0) is 4.79 Å². The Morgan fingerprint density at radius 2 is 1.76 bits per heavy atom. The van der Waals surface area contributed by atoms with Gasteiger partial charge in [0.1, 0.15) is 5.75 Å². The molecule has 1 saturated heterocycles. The molecule has 0 saturated carbocycles. The molecule has 3 aromatic rings. The molecular weight excluding hydrogens is 494 g/mol. The lowest BCUT2D eigenvalue weighted by Crippen LogP contribution is -2.46. The molecule has 8 nitrogen and oxygen atoms in total. The minimum Gasteiger partial charge on any atom is -0.438 e. The number of fused-ring (bicyclic) bond motifs is 2. The number of pyridine rings is 1. The van der Waals surface area contributed by atoms with Gasteiger partial charge in [-0.05, 0) is 24.3 Å². The summed E-state index contributed by atoms with van der Waals surface area (Å²) in [5, 5.41) is 2.18. The fraction of sp³-hybridized carbons (Fsp3) is 0.286. The van der Waals surface area contributed by atoms with Crippen molar-refractivity contribution in [3.63, 3.8) is 0 Å². The second kappa shape index (κ2) is 9.20. The Kier molecular flexibility index (Phi) is 6.13. The van der Waals surface area contributed by atoms with Crippen LogP contribution in [0.1, 0.15) is 47.7 Å². The summed E-state index contributed by atoms with van der Waals surface area (Å²) in [6.07, 6.45) is -0.332. The summed E-state index contributed by atoms with van der Waals surface area (Å²) >= 11 is 0. The number of alkyl halides is 2. The van der Waals surface area contributed by atoms with Gasteiger partial charge in [0.15, 0.2) is 0 Å². The maximum atomic E-state index is 13.5. The minimum atomic E-state index is -2.85. The van der Waals surface area contributed by atoms with Crippen molar-refractivity contribution in [1.29, 1.82) is 0 Å². The molecule has 0 aliphatic carbocycles. The number of benzene rings is 2. The largest absolute Gasteiger partial charge is 0.438 e. The number of halogens is 2. The number of hydrogen-bond acceptors (Lipinski definition) is 5. The number of primary amides is 1. The van der Waals surface area contributed by atoms with Crippen molar-refractivity contribution in [3.05, 3.63) is 77.4 Å². The Bertz CT molecular complexity index is 1440. The molecule has 5 rings (SSSR count). The number of amides is 4. The molecule has 38 heavy (non-hydrogen) atoms. The van der Waals surface area contributed by atoms with Gasteiger partial charge in [-0.25, -0.2) is 18.6 Å². The normalized spacial score (nSPS) is 17.7. The second-order valence-electron chi connectivity index (χ2n) is 10.1. The number of carbonyl (C=O) groups is 3. The highest BCUT2D eigenvalue weighted by molar-refractivity contribution is 5.97. The van der Waals surface area contributed by atoms with Gasteiger partial charge in [-0.15, -0.1) is 0 Å². The summed E-state index contributed by atoms with van der Waals surface area (Å²) in [5.74, 6) is -3.46. The monoisotopic (exact) mass is 520 g/mol. The Labute approximate surface area is 217 Å². The number of aromatic nitrogens is 1. The van der Waals surface area contributed by atoms with Crippen LogP contribution in [0, 0.1) is 5.41 Å². The van der Waals surface area contributed by atoms with Gasteiger partial charge in [-0.2, -0.15) is 0 Å². The average Bonchev–Trinajstić information content (AvgIpc) is 3.25. The molecule has 2 aliphatic rings. The number of urea groups is 1. The summed E-state index contributed by atoms with van der Waals surface area (Å²) in [6, 6.07) is 16.6. The molecule has 196 valence electrons. The topological polar surface area (TPSA) is 115 Å². The first-order chi connectivity index (χ1) is 18.0. The number of likely N-dealkylation sites (tertiary alicyclic amines) is 1. The van der Waals surface area contributed by atoms with Gasteiger partial charge in [0.25, 0.3) is 11.8 Å². The molecule has 0 bridgehead atoms. The third-order valence-corrected chi connectivity index (χ3v) is 7.07. The van der Waals surface area contributed by atoms with Gasteiger partial charge in [-0.3, -0.25) is 14.9 Å². The van der Waals surface area contributed by atoms with Crippen molar-refractivity contribution in [3.8, 4) is 22.9 Å². The van der Waals surface area contributed by atoms with Crippen molar-refractivity contribution in [2.75, 3.05) is 13.1 Å². The van der Waals surface area contributed by atoms with Gasteiger partial charge in [-0.1, -0.05) is 50.2 Å². The van der Waals surface area contributed by atoms with E-state index in [0.717, 1.165) is 10.5 Å². The molecule has 3 heterocycles. The standard InChI is InChI=1S/C28H26F2N4O4/c1-27(2,25(36)33-26(31)37)22-18-5-3-4-6-21(18)38-23-19(22)11-12-20(32-23)16-7-9-17(10-8-16)24(35)34-14-13-28(29,30)15-34/h3-12,22H,13-15H2,1-2H3,(H3,31,33,36,37)/t22-/m0/s1. The second-order valence-corrected chi connectivity index (χ2v) is 10.1. The summed E-state index contributed by atoms with van der Waals surface area (Å²) < 4.78 is 33.2. The quantitative estimate of drug-likeness (QED) is 0.518. The van der Waals surface area contributed by atoms with E-state index in [-0.39, 0.29) is 13.0 Å². The Balaban J connectivity index is 1.46. The number of nitrogens with zero attached hydrogens (tertiary/aromatic N) is 2. The summed E-state index contributed by atoms with van der Waals surface area (Å²) in [4.78, 5) is 42.8. The number of ether oxygens (including phenoxy) is 1. The molecule has 10 heteroatoms. The van der Waals surface area contributed by atoms with Crippen LogP contribution >= 0.6 is 0 Å². The van der Waals surface area contributed by atoms with Gasteiger partial charge in [0.2, 0.25) is 11.8 Å². The molecular formula is C28H26F2N4O4. The van der Waals surface area contributed by atoms with Crippen LogP contribution in [0.25, 0.3) is 11.3 Å². The van der Waals surface area contributed by atoms with E-state index in [0.29, 0.717) is 34.0 Å². The maximum Gasteiger partial charge on any atom is 0.318 e. The van der Waals surface area contributed by atoms with Crippen LogP contribution in [0.2, 0.25) is 0 Å². The third-order valence-electron chi connectivity index (χ3n) is 7.07. The SMILES string of the molecule is CC(C)(C(=O)NC(N)=O)[C@H]1c2ccccc2Oc2nc(-c3ccc(C(=O)N4CCC(F)(F)C4)cc3)ccc21. The summed E-state index contributed by atoms with van der Waals surface area (Å²) in [7, 11) is 0. The highest BCUT2D eigenvalue weighted by atomic mass is 19.3. The van der Waals surface area contributed by atoms with Crippen LogP contribution < -0.4 is 15.8 Å². The first-order valence-corrected chi connectivity index (χ1v) is 12.1. The van der Waals surface area contributed by atoms with E-state index in [1.807, 2.05) is 24.3 Å². The fourth-order valence-corrected chi connectivity index (χ4v) is 5.05. The molecule has 2 aliphatic heterocycles. The van der Waals surface area contributed by atoms with Crippen LogP contribution in [0.15, 0.2) is 60.7 Å². The number of hydrogen-bond donors (Lipinski definition) is 2. The average molecular weight is 521 g/mol. The maximum absolute atomic E-state index is 13.5. The van der Waals surface area contributed by atoms with E-state index in [4.69, 9.17) is 15.5 Å². The van der Waals surface area contributed by atoms with E-state index < -0.39 is 41.6 Å². The van der Waals surface area contributed by atoms with E-state index >= 15 is 0 Å². The number of nitrogens with two attached hydrogens (primary N) is 1. The van der Waals surface area contributed by atoms with Gasteiger partial charge < -0.3 is 15.4 Å². The smallest absolute Gasteiger partial charge is 0.318 e. The zero-order valence-corrected chi connectivity index (χ0v) is 20.8. The van der Waals surface area contributed by atoms with Gasteiger partial charge in [0, 0.05) is 41.1 Å². The third kappa shape index (κ3) is 4.57. The molecule has 1 aromatic heterocycles. The Morgan fingerprint density at radius 1 is 1.05 bits per heavy atom. The molecule has 0 unspecified atom stereocenters. The summed E-state index contributed by atoms with van der Waals surface area (Å²) in [6.45, 7) is 2.89. The van der Waals surface area contributed by atoms with Crippen LogP contribution in [0.4, 0.5) is 13.6 Å². The number of rotatable bonds is 4. The van der Waals surface area contributed by atoms with Gasteiger partial charge in [0.05, 0.1) is 17.7 Å². The van der Waals surface area contributed by atoms with Crippen LogP contribution in [0.5, 0.6) is 11.6 Å². The molecule has 3 N–H and O–H groups in total. The number of para-hydroxylation sites is 1. The number of imide groups is 1. The Hall–Kier alpha value is -4.34. The zero-order chi connectivity index (χ0) is 27.2. The molecule has 2 aromatic carbocycles. The predicted octanol–water partition coefficient (Wildman–Crippen LogP) is 4.69. The van der Waals surface area contributed by atoms with Crippen LogP contribution in [0.3, 0.4) is 0 Å². The number of nitrogens with one attached hydrogen (secondary N) is 1.